The van der Waals surface area contributed by atoms with E-state index in [0.29, 0.717) is 0 Å². The zero-order chi connectivity index (χ0) is 12.6. The number of aromatic nitrogens is 1. The summed E-state index contributed by atoms with van der Waals surface area (Å²) in [5.74, 6) is 0. The van der Waals surface area contributed by atoms with Gasteiger partial charge in [0, 0.05) is 25.5 Å². The maximum atomic E-state index is 4.05. The number of allylic oxidation sites excluding steroid dienone is 2. The minimum absolute atomic E-state index is 1.03. The van der Waals surface area contributed by atoms with Crippen molar-refractivity contribution in [3.8, 4) is 0 Å². The highest BCUT2D eigenvalue weighted by atomic mass is 15.1. The van der Waals surface area contributed by atoms with E-state index in [9.17, 15) is 0 Å². The van der Waals surface area contributed by atoms with Crippen molar-refractivity contribution in [2.75, 3.05) is 13.1 Å². The molecule has 2 nitrogen and oxygen atoms in total. The smallest absolute Gasteiger partial charge is 0.0363 e. The van der Waals surface area contributed by atoms with E-state index in [1.165, 1.54) is 43.4 Å². The summed E-state index contributed by atoms with van der Waals surface area (Å²) in [6.07, 6.45) is 15.7. The monoisotopic (exact) mass is 242 g/mol. The molecule has 0 bridgehead atoms. The van der Waals surface area contributed by atoms with Gasteiger partial charge in [0.2, 0.25) is 0 Å². The van der Waals surface area contributed by atoms with Crippen LogP contribution in [0.15, 0.2) is 42.9 Å². The molecule has 0 unspecified atom stereocenters. The number of unbranched alkanes of at least 4 members (excludes halogenated alkanes) is 3. The van der Waals surface area contributed by atoms with Crippen molar-refractivity contribution in [3.63, 3.8) is 0 Å². The fraction of sp³-hybridized carbons (Fsp3) is 0.438. The molecule has 0 aliphatic carbocycles. The zero-order valence-corrected chi connectivity index (χ0v) is 11.2. The standard InChI is InChI=1S/C16H22N2/c1-2-3-4-5-12-18-13-8-16(9-14-18)15-6-10-17-11-7-15/h6-11,13H,2-5,12,14H2,1H3. The molecule has 1 aliphatic rings. The van der Waals surface area contributed by atoms with Gasteiger partial charge in [0.05, 0.1) is 0 Å². The summed E-state index contributed by atoms with van der Waals surface area (Å²) in [6, 6.07) is 4.13. The van der Waals surface area contributed by atoms with Gasteiger partial charge in [-0.2, -0.15) is 0 Å². The highest BCUT2D eigenvalue weighted by molar-refractivity contribution is 5.74. The quantitative estimate of drug-likeness (QED) is 0.704. The molecular weight excluding hydrogens is 220 g/mol. The van der Waals surface area contributed by atoms with Crippen LogP contribution in [-0.4, -0.2) is 23.0 Å². The summed E-state index contributed by atoms with van der Waals surface area (Å²) in [4.78, 5) is 6.44. The molecule has 0 N–H and O–H groups in total. The zero-order valence-electron chi connectivity index (χ0n) is 11.2. The van der Waals surface area contributed by atoms with Crippen LogP contribution in [0.3, 0.4) is 0 Å². The molecule has 0 saturated carbocycles. The Hall–Kier alpha value is -1.57. The number of hydrogen-bond acceptors (Lipinski definition) is 2. The van der Waals surface area contributed by atoms with E-state index >= 15 is 0 Å². The molecule has 0 amide bonds. The van der Waals surface area contributed by atoms with Crippen LogP contribution in [0, 0.1) is 0 Å². The Morgan fingerprint density at radius 1 is 1.17 bits per heavy atom. The fourth-order valence-electron chi connectivity index (χ4n) is 2.20. The molecule has 0 radical (unpaired) electrons. The van der Waals surface area contributed by atoms with E-state index in [4.69, 9.17) is 0 Å². The first kappa shape index (κ1) is 12.9. The molecule has 96 valence electrons. The van der Waals surface area contributed by atoms with Gasteiger partial charge < -0.3 is 4.90 Å². The Morgan fingerprint density at radius 3 is 2.67 bits per heavy atom. The highest BCUT2D eigenvalue weighted by Crippen LogP contribution is 2.18. The van der Waals surface area contributed by atoms with Crippen LogP contribution >= 0.6 is 0 Å². The van der Waals surface area contributed by atoms with Crippen LogP contribution in [0.1, 0.15) is 38.2 Å². The Bertz CT molecular complexity index is 406. The second-order valence-electron chi connectivity index (χ2n) is 4.77. The largest absolute Gasteiger partial charge is 0.374 e. The lowest BCUT2D eigenvalue weighted by Crippen LogP contribution is -2.20. The SMILES string of the molecule is CCCCCCN1C=CC(c2ccncc2)=CC1. The van der Waals surface area contributed by atoms with Gasteiger partial charge in [-0.3, -0.25) is 4.98 Å². The summed E-state index contributed by atoms with van der Waals surface area (Å²) < 4.78 is 0. The molecule has 18 heavy (non-hydrogen) atoms. The van der Waals surface area contributed by atoms with E-state index in [0.717, 1.165) is 6.54 Å². The summed E-state index contributed by atoms with van der Waals surface area (Å²) in [6.45, 7) is 4.46. The molecule has 0 aromatic carbocycles. The molecule has 1 aromatic rings. The van der Waals surface area contributed by atoms with Crippen LogP contribution in [0.25, 0.3) is 5.57 Å². The van der Waals surface area contributed by atoms with Gasteiger partial charge in [0.15, 0.2) is 0 Å². The Morgan fingerprint density at radius 2 is 2.00 bits per heavy atom. The van der Waals surface area contributed by atoms with Crippen LogP contribution in [0.4, 0.5) is 0 Å². The lowest BCUT2D eigenvalue weighted by atomic mass is 10.1. The normalized spacial score (nSPS) is 14.7. The molecule has 2 rings (SSSR count). The van der Waals surface area contributed by atoms with E-state index < -0.39 is 0 Å². The minimum atomic E-state index is 1.03. The summed E-state index contributed by atoms with van der Waals surface area (Å²) in [5.41, 5.74) is 2.56. The van der Waals surface area contributed by atoms with Crippen LogP contribution in [-0.2, 0) is 0 Å². The highest BCUT2D eigenvalue weighted by Gasteiger charge is 2.05. The average Bonchev–Trinajstić information content (AvgIpc) is 2.45. The van der Waals surface area contributed by atoms with Gasteiger partial charge in [-0.25, -0.2) is 0 Å². The second-order valence-corrected chi connectivity index (χ2v) is 4.77. The van der Waals surface area contributed by atoms with Crippen molar-refractivity contribution in [2.24, 2.45) is 0 Å². The Kier molecular flexibility index (Phi) is 5.00. The van der Waals surface area contributed by atoms with E-state index in [1.807, 2.05) is 12.4 Å². The molecular formula is C16H22N2. The number of nitrogens with zero attached hydrogens (tertiary/aromatic N) is 2. The summed E-state index contributed by atoms with van der Waals surface area (Å²) in [5, 5.41) is 0. The minimum Gasteiger partial charge on any atom is -0.374 e. The van der Waals surface area contributed by atoms with E-state index in [2.05, 4.69) is 47.3 Å². The van der Waals surface area contributed by atoms with Gasteiger partial charge >= 0.3 is 0 Å². The lowest BCUT2D eigenvalue weighted by molar-refractivity contribution is 0.395. The Balaban J connectivity index is 1.80. The number of hydrogen-bond donors (Lipinski definition) is 0. The topological polar surface area (TPSA) is 16.1 Å². The van der Waals surface area contributed by atoms with Crippen molar-refractivity contribution in [1.29, 1.82) is 0 Å². The van der Waals surface area contributed by atoms with E-state index in [-0.39, 0.29) is 0 Å². The second kappa shape index (κ2) is 7.00. The van der Waals surface area contributed by atoms with Crippen molar-refractivity contribution in [3.05, 3.63) is 48.4 Å². The maximum Gasteiger partial charge on any atom is 0.0363 e. The lowest BCUT2D eigenvalue weighted by Gasteiger charge is -2.22. The molecule has 1 aromatic heterocycles. The number of rotatable bonds is 6. The third kappa shape index (κ3) is 3.73. The maximum absolute atomic E-state index is 4.05. The molecule has 0 atom stereocenters. The van der Waals surface area contributed by atoms with Gasteiger partial charge in [-0.15, -0.1) is 0 Å². The first-order valence-electron chi connectivity index (χ1n) is 6.93. The predicted octanol–water partition coefficient (Wildman–Crippen LogP) is 3.87. The first-order valence-corrected chi connectivity index (χ1v) is 6.93. The molecule has 2 heterocycles. The molecule has 0 fully saturated rings. The number of pyridine rings is 1. The van der Waals surface area contributed by atoms with Crippen molar-refractivity contribution >= 4 is 5.57 Å². The third-order valence-electron chi connectivity index (χ3n) is 3.32. The fourth-order valence-corrected chi connectivity index (χ4v) is 2.20. The van der Waals surface area contributed by atoms with E-state index in [1.54, 1.807) is 0 Å². The predicted molar refractivity (Wildman–Crippen MR) is 77.1 cm³/mol. The molecule has 1 aliphatic heterocycles. The van der Waals surface area contributed by atoms with Gasteiger partial charge in [0.25, 0.3) is 0 Å². The van der Waals surface area contributed by atoms with Crippen molar-refractivity contribution in [1.82, 2.24) is 9.88 Å². The third-order valence-corrected chi connectivity index (χ3v) is 3.32. The Labute approximate surface area is 110 Å². The van der Waals surface area contributed by atoms with Crippen LogP contribution in [0.5, 0.6) is 0 Å². The summed E-state index contributed by atoms with van der Waals surface area (Å²) >= 11 is 0. The average molecular weight is 242 g/mol. The van der Waals surface area contributed by atoms with Crippen LogP contribution in [0.2, 0.25) is 0 Å². The van der Waals surface area contributed by atoms with Gasteiger partial charge in [0.1, 0.15) is 0 Å². The first-order chi connectivity index (χ1) is 8.90. The molecule has 0 saturated heterocycles. The van der Waals surface area contributed by atoms with Gasteiger partial charge in [-0.1, -0.05) is 32.3 Å². The van der Waals surface area contributed by atoms with Crippen molar-refractivity contribution < 1.29 is 0 Å². The van der Waals surface area contributed by atoms with Gasteiger partial charge in [-0.05, 0) is 42.0 Å². The van der Waals surface area contributed by atoms with Crippen molar-refractivity contribution in [2.45, 2.75) is 32.6 Å². The van der Waals surface area contributed by atoms with Crippen LogP contribution < -0.4 is 0 Å². The summed E-state index contributed by atoms with van der Waals surface area (Å²) in [7, 11) is 0. The molecule has 0 spiro atoms. The molecule has 2 heteroatoms.